The van der Waals surface area contributed by atoms with Crippen LogP contribution in [0.15, 0.2) is 0 Å². The first-order chi connectivity index (χ1) is 4.83. The van der Waals surface area contributed by atoms with Crippen LogP contribution in [0.25, 0.3) is 0 Å². The van der Waals surface area contributed by atoms with E-state index in [0.717, 1.165) is 0 Å². The van der Waals surface area contributed by atoms with Gasteiger partial charge >= 0.3 is 72.1 Å². The summed E-state index contributed by atoms with van der Waals surface area (Å²) in [7, 11) is -0.567. The predicted octanol–water partition coefficient (Wildman–Crippen LogP) is 2.24. The van der Waals surface area contributed by atoms with Crippen LogP contribution in [0.1, 0.15) is 0 Å². The fraction of sp³-hybridized carbons (Fsp3) is 1.00. The standard InChI is InChI=1S/C2H7O4P.3CH3.Sn/c1-5-7(3,4)6-2;;;;/h1-2H3,(H,3,4);3*1H3;/q;;;;+1/p-1. The molecule has 0 aliphatic carbocycles. The van der Waals surface area contributed by atoms with Crippen LogP contribution in [-0.4, -0.2) is 33.0 Å². The average Bonchev–Trinajstić information content (AvgIpc) is 1.84. The van der Waals surface area contributed by atoms with Gasteiger partial charge in [-0.3, -0.25) is 0 Å². The normalized spacial score (nSPS) is 13.5. The van der Waals surface area contributed by atoms with Gasteiger partial charge in [-0.1, -0.05) is 0 Å². The molecule has 0 fully saturated rings. The monoisotopic (exact) mass is 290 g/mol. The summed E-state index contributed by atoms with van der Waals surface area (Å²) in [5, 5.41) is 0. The van der Waals surface area contributed by atoms with Crippen molar-refractivity contribution in [3.8, 4) is 0 Å². The third-order valence-corrected chi connectivity index (χ3v) is 9.10. The zero-order chi connectivity index (χ0) is 9.12. The minimum atomic E-state index is -3.21. The Morgan fingerprint density at radius 3 is 1.55 bits per heavy atom. The summed E-state index contributed by atoms with van der Waals surface area (Å²) in [6.07, 6.45) is 0. The van der Waals surface area contributed by atoms with E-state index in [-0.39, 0.29) is 0 Å². The Bertz CT molecular complexity index is 156. The van der Waals surface area contributed by atoms with Crippen LogP contribution in [0.5, 0.6) is 0 Å². The van der Waals surface area contributed by atoms with Crippen LogP contribution in [0.4, 0.5) is 0 Å². The van der Waals surface area contributed by atoms with E-state index in [4.69, 9.17) is 2.86 Å². The molecule has 0 spiro atoms. The Morgan fingerprint density at radius 1 is 1.09 bits per heavy atom. The summed E-state index contributed by atoms with van der Waals surface area (Å²) < 4.78 is 25.9. The zero-order valence-corrected chi connectivity index (χ0v) is 11.3. The molecular weight excluding hydrogens is 274 g/mol. The van der Waals surface area contributed by atoms with E-state index < -0.39 is 26.6 Å². The van der Waals surface area contributed by atoms with Gasteiger partial charge in [-0.2, -0.15) is 0 Å². The summed E-state index contributed by atoms with van der Waals surface area (Å²) in [5.74, 6) is 0. The van der Waals surface area contributed by atoms with E-state index in [1.807, 2.05) is 14.8 Å². The molecule has 0 saturated heterocycles. The molecule has 0 aliphatic heterocycles. The molecule has 0 amide bonds. The van der Waals surface area contributed by atoms with E-state index in [0.29, 0.717) is 0 Å². The molecule has 0 atom stereocenters. The molecule has 0 unspecified atom stereocenters. The molecule has 68 valence electrons. The van der Waals surface area contributed by atoms with Crippen molar-refractivity contribution in [3.63, 3.8) is 0 Å². The van der Waals surface area contributed by atoms with Gasteiger partial charge < -0.3 is 0 Å². The van der Waals surface area contributed by atoms with Gasteiger partial charge in [0.2, 0.25) is 0 Å². The first kappa shape index (κ1) is 11.9. The van der Waals surface area contributed by atoms with E-state index in [2.05, 4.69) is 9.05 Å². The molecule has 0 saturated carbocycles. The summed E-state index contributed by atoms with van der Waals surface area (Å²) in [6, 6.07) is 0. The number of rotatable bonds is 4. The van der Waals surface area contributed by atoms with Gasteiger partial charge in [0.15, 0.2) is 0 Å². The molecular formula is C5H15O4PSn. The fourth-order valence-corrected chi connectivity index (χ4v) is 8.47. The Hall–Kier alpha value is 0.909. The van der Waals surface area contributed by atoms with Gasteiger partial charge in [0, 0.05) is 0 Å². The topological polar surface area (TPSA) is 44.8 Å². The summed E-state index contributed by atoms with van der Waals surface area (Å²) in [4.78, 5) is 5.96. The van der Waals surface area contributed by atoms with Gasteiger partial charge in [-0.05, 0) is 0 Å². The van der Waals surface area contributed by atoms with E-state index >= 15 is 0 Å². The van der Waals surface area contributed by atoms with Gasteiger partial charge in [-0.25, -0.2) is 0 Å². The Balaban J connectivity index is 4.21. The average molecular weight is 289 g/mol. The zero-order valence-electron chi connectivity index (χ0n) is 7.58. The van der Waals surface area contributed by atoms with Crippen molar-refractivity contribution in [2.75, 3.05) is 14.2 Å². The molecule has 0 bridgehead atoms. The third-order valence-electron chi connectivity index (χ3n) is 0.833. The van der Waals surface area contributed by atoms with Gasteiger partial charge in [-0.15, -0.1) is 0 Å². The second kappa shape index (κ2) is 4.23. The first-order valence-electron chi connectivity index (χ1n) is 3.25. The van der Waals surface area contributed by atoms with Crippen molar-refractivity contribution >= 4 is 26.6 Å². The number of hydrogen-bond acceptors (Lipinski definition) is 4. The SMILES string of the molecule is COP(=O)(OC)[O][Sn]([CH3])([CH3])[CH3]. The molecule has 0 aromatic carbocycles. The van der Waals surface area contributed by atoms with Gasteiger partial charge in [0.25, 0.3) is 0 Å². The molecule has 0 aromatic rings. The minimum absolute atomic E-state index is 1.32. The molecule has 6 heteroatoms. The molecule has 0 aromatic heterocycles. The Labute approximate surface area is 72.3 Å². The van der Waals surface area contributed by atoms with Crippen LogP contribution in [0.3, 0.4) is 0 Å². The number of hydrogen-bond donors (Lipinski definition) is 0. The maximum atomic E-state index is 11.4. The molecule has 4 nitrogen and oxygen atoms in total. The van der Waals surface area contributed by atoms with Gasteiger partial charge in [0.05, 0.1) is 0 Å². The van der Waals surface area contributed by atoms with E-state index in [1.165, 1.54) is 14.2 Å². The second-order valence-electron chi connectivity index (χ2n) is 3.02. The number of phosphoric acid groups is 1. The molecule has 0 rings (SSSR count). The Morgan fingerprint density at radius 2 is 1.45 bits per heavy atom. The van der Waals surface area contributed by atoms with Crippen LogP contribution >= 0.6 is 7.82 Å². The fourth-order valence-electron chi connectivity index (χ4n) is 0.484. The van der Waals surface area contributed by atoms with Crippen molar-refractivity contribution in [3.05, 3.63) is 0 Å². The van der Waals surface area contributed by atoms with E-state index in [1.54, 1.807) is 0 Å². The third kappa shape index (κ3) is 5.20. The summed E-state index contributed by atoms with van der Waals surface area (Å²) >= 11 is -2.52. The summed E-state index contributed by atoms with van der Waals surface area (Å²) in [5.41, 5.74) is 0. The molecule has 0 heterocycles. The van der Waals surface area contributed by atoms with Crippen LogP contribution < -0.4 is 0 Å². The first-order valence-corrected chi connectivity index (χ1v) is 14.4. The molecule has 0 N–H and O–H groups in total. The van der Waals surface area contributed by atoms with E-state index in [9.17, 15) is 4.57 Å². The van der Waals surface area contributed by atoms with Crippen molar-refractivity contribution in [2.45, 2.75) is 14.8 Å². The van der Waals surface area contributed by atoms with Crippen molar-refractivity contribution in [2.24, 2.45) is 0 Å². The molecule has 0 radical (unpaired) electrons. The molecule has 0 aliphatic rings. The van der Waals surface area contributed by atoms with Crippen molar-refractivity contribution < 1.29 is 16.5 Å². The van der Waals surface area contributed by atoms with Crippen molar-refractivity contribution in [1.29, 1.82) is 0 Å². The quantitative estimate of drug-likeness (QED) is 0.588. The van der Waals surface area contributed by atoms with Crippen LogP contribution in [0, 0.1) is 0 Å². The van der Waals surface area contributed by atoms with Crippen LogP contribution in [0.2, 0.25) is 14.8 Å². The number of phosphoric ester groups is 1. The van der Waals surface area contributed by atoms with Crippen LogP contribution in [-0.2, 0) is 16.5 Å². The summed E-state index contributed by atoms with van der Waals surface area (Å²) in [6.45, 7) is 0. The maximum absolute atomic E-state index is 11.4. The van der Waals surface area contributed by atoms with Gasteiger partial charge in [0.1, 0.15) is 0 Å². The second-order valence-corrected chi connectivity index (χ2v) is 18.4. The van der Waals surface area contributed by atoms with Crippen molar-refractivity contribution in [1.82, 2.24) is 0 Å². The predicted molar refractivity (Wildman–Crippen MR) is 46.1 cm³/mol. The Kier molecular flexibility index (Phi) is 4.58. The molecule has 11 heavy (non-hydrogen) atoms.